The molecule has 3 aromatic rings. The molecule has 2 heterocycles. The molecule has 0 saturated carbocycles. The third kappa shape index (κ3) is 4.10. The van der Waals surface area contributed by atoms with Crippen LogP contribution in [0.5, 0.6) is 5.75 Å². The van der Waals surface area contributed by atoms with Crippen molar-refractivity contribution >= 4 is 11.9 Å². The van der Waals surface area contributed by atoms with E-state index >= 15 is 0 Å². The highest BCUT2D eigenvalue weighted by Crippen LogP contribution is 2.28. The normalized spacial score (nSPS) is 15.2. The van der Waals surface area contributed by atoms with Crippen LogP contribution in [0.15, 0.2) is 47.0 Å². The third-order valence-corrected chi connectivity index (χ3v) is 5.87. The smallest absolute Gasteiger partial charge is 0.328 e. The van der Waals surface area contributed by atoms with Crippen LogP contribution in [0.1, 0.15) is 44.1 Å². The number of aromatic nitrogens is 1. The summed E-state index contributed by atoms with van der Waals surface area (Å²) in [6.45, 7) is 6.16. The number of esters is 1. The molecule has 166 valence electrons. The maximum Gasteiger partial charge on any atom is 0.328 e. The van der Waals surface area contributed by atoms with Crippen molar-refractivity contribution in [3.8, 4) is 5.75 Å². The van der Waals surface area contributed by atoms with Gasteiger partial charge in [-0.25, -0.2) is 4.79 Å². The first-order valence-corrected chi connectivity index (χ1v) is 10.5. The number of fused-ring (bicyclic) bond motifs is 1. The lowest BCUT2D eigenvalue weighted by atomic mass is 9.93. The standard InChI is InChI=1S/C25H26N2O5/c1-15-9-10-22(16(2)11-15)31-14-20-17(3)32-26-23(20)24(28)27-13-19-8-6-5-7-18(19)12-21(27)25(29)30-4/h5-11,21H,12-14H2,1-4H3. The molecule has 0 saturated heterocycles. The topological polar surface area (TPSA) is 81.9 Å². The van der Waals surface area contributed by atoms with Gasteiger partial charge >= 0.3 is 5.97 Å². The molecule has 7 heteroatoms. The van der Waals surface area contributed by atoms with Crippen molar-refractivity contribution in [2.75, 3.05) is 7.11 Å². The van der Waals surface area contributed by atoms with E-state index in [1.165, 1.54) is 12.0 Å². The van der Waals surface area contributed by atoms with Gasteiger partial charge in [-0.05, 0) is 43.5 Å². The summed E-state index contributed by atoms with van der Waals surface area (Å²) in [5, 5.41) is 4.02. The summed E-state index contributed by atoms with van der Waals surface area (Å²) in [5.41, 5.74) is 4.89. The summed E-state index contributed by atoms with van der Waals surface area (Å²) in [7, 11) is 1.33. The van der Waals surface area contributed by atoms with Crippen LogP contribution < -0.4 is 4.74 Å². The number of methoxy groups -OCH3 is 1. The van der Waals surface area contributed by atoms with Gasteiger partial charge in [0.25, 0.3) is 5.91 Å². The fourth-order valence-corrected chi connectivity index (χ4v) is 4.06. The molecule has 1 unspecified atom stereocenters. The fourth-order valence-electron chi connectivity index (χ4n) is 4.06. The van der Waals surface area contributed by atoms with Crippen LogP contribution in [0, 0.1) is 20.8 Å². The molecule has 0 aliphatic carbocycles. The lowest BCUT2D eigenvalue weighted by Gasteiger charge is -2.34. The predicted molar refractivity (Wildman–Crippen MR) is 117 cm³/mol. The van der Waals surface area contributed by atoms with E-state index in [4.69, 9.17) is 14.0 Å². The van der Waals surface area contributed by atoms with Gasteiger partial charge in [-0.15, -0.1) is 0 Å². The van der Waals surface area contributed by atoms with Crippen molar-refractivity contribution in [1.29, 1.82) is 0 Å². The van der Waals surface area contributed by atoms with E-state index in [1.807, 2.05) is 56.3 Å². The van der Waals surface area contributed by atoms with Gasteiger partial charge in [-0.2, -0.15) is 0 Å². The number of ether oxygens (including phenoxy) is 2. The first kappa shape index (κ1) is 21.6. The van der Waals surface area contributed by atoms with Crippen LogP contribution >= 0.6 is 0 Å². The van der Waals surface area contributed by atoms with Crippen LogP contribution in [0.3, 0.4) is 0 Å². The summed E-state index contributed by atoms with van der Waals surface area (Å²) in [5.74, 6) is 0.395. The van der Waals surface area contributed by atoms with Gasteiger partial charge in [0.05, 0.1) is 12.7 Å². The van der Waals surface area contributed by atoms with Gasteiger partial charge in [0.15, 0.2) is 5.69 Å². The molecule has 0 bridgehead atoms. The van der Waals surface area contributed by atoms with E-state index in [-0.39, 0.29) is 24.8 Å². The van der Waals surface area contributed by atoms with E-state index in [0.717, 1.165) is 28.0 Å². The monoisotopic (exact) mass is 434 g/mol. The second-order valence-corrected chi connectivity index (χ2v) is 8.07. The Balaban J connectivity index is 1.62. The Morgan fingerprint density at radius 1 is 1.12 bits per heavy atom. The first-order chi connectivity index (χ1) is 15.4. The number of aryl methyl sites for hydroxylation is 3. The first-order valence-electron chi connectivity index (χ1n) is 10.5. The number of carbonyl (C=O) groups excluding carboxylic acids is 2. The number of hydrogen-bond acceptors (Lipinski definition) is 6. The molecule has 1 aliphatic rings. The molecule has 1 amide bonds. The summed E-state index contributed by atoms with van der Waals surface area (Å²) in [6.07, 6.45) is 0.389. The molecule has 2 aromatic carbocycles. The number of amides is 1. The average Bonchev–Trinajstić information content (AvgIpc) is 3.16. The second-order valence-electron chi connectivity index (χ2n) is 8.07. The lowest BCUT2D eigenvalue weighted by molar-refractivity contribution is -0.146. The number of rotatable bonds is 5. The van der Waals surface area contributed by atoms with E-state index in [2.05, 4.69) is 5.16 Å². The molecule has 7 nitrogen and oxygen atoms in total. The summed E-state index contributed by atoms with van der Waals surface area (Å²) < 4.78 is 16.3. The van der Waals surface area contributed by atoms with Crippen LogP contribution in [0.25, 0.3) is 0 Å². The second kappa shape index (κ2) is 8.86. The number of nitrogens with zero attached hydrogens (tertiary/aromatic N) is 2. The molecule has 0 fully saturated rings. The molecule has 4 rings (SSSR count). The van der Waals surface area contributed by atoms with Crippen LogP contribution in [-0.2, 0) is 29.1 Å². The van der Waals surface area contributed by atoms with E-state index in [0.29, 0.717) is 17.7 Å². The van der Waals surface area contributed by atoms with Crippen LogP contribution in [0.2, 0.25) is 0 Å². The lowest BCUT2D eigenvalue weighted by Crippen LogP contribution is -2.49. The summed E-state index contributed by atoms with van der Waals surface area (Å²) in [6, 6.07) is 13.0. The molecule has 0 N–H and O–H groups in total. The highest BCUT2D eigenvalue weighted by atomic mass is 16.5. The van der Waals surface area contributed by atoms with Crippen molar-refractivity contribution in [2.24, 2.45) is 0 Å². The van der Waals surface area contributed by atoms with Gasteiger partial charge in [0, 0.05) is 13.0 Å². The minimum atomic E-state index is -0.729. The molecular weight excluding hydrogens is 408 g/mol. The highest BCUT2D eigenvalue weighted by Gasteiger charge is 2.38. The Hall–Kier alpha value is -3.61. The van der Waals surface area contributed by atoms with Gasteiger partial charge in [-0.1, -0.05) is 47.1 Å². The Morgan fingerprint density at radius 3 is 2.59 bits per heavy atom. The summed E-state index contributed by atoms with van der Waals surface area (Å²) in [4.78, 5) is 27.5. The Kier molecular flexibility index (Phi) is 5.99. The number of carbonyl (C=O) groups is 2. The predicted octanol–water partition coefficient (Wildman–Crippen LogP) is 3.92. The van der Waals surface area contributed by atoms with Crippen molar-refractivity contribution in [1.82, 2.24) is 10.1 Å². The molecule has 1 aliphatic heterocycles. The van der Waals surface area contributed by atoms with Gasteiger partial charge in [-0.3, -0.25) is 4.79 Å². The minimum absolute atomic E-state index is 0.133. The van der Waals surface area contributed by atoms with Gasteiger partial charge < -0.3 is 18.9 Å². The SMILES string of the molecule is COC(=O)C1Cc2ccccc2CN1C(=O)c1noc(C)c1COc1ccc(C)cc1C. The maximum absolute atomic E-state index is 13.5. The Labute approximate surface area is 186 Å². The van der Waals surface area contributed by atoms with Gasteiger partial charge in [0.1, 0.15) is 24.2 Å². The van der Waals surface area contributed by atoms with Crippen molar-refractivity contribution in [3.63, 3.8) is 0 Å². The minimum Gasteiger partial charge on any atom is -0.488 e. The van der Waals surface area contributed by atoms with Crippen LogP contribution in [0.4, 0.5) is 0 Å². The molecule has 0 radical (unpaired) electrons. The molecular formula is C25H26N2O5. The number of hydrogen-bond donors (Lipinski definition) is 0. The quantitative estimate of drug-likeness (QED) is 0.566. The molecule has 0 spiro atoms. The highest BCUT2D eigenvalue weighted by molar-refractivity contribution is 5.96. The average molecular weight is 434 g/mol. The van der Waals surface area contributed by atoms with Gasteiger partial charge in [0.2, 0.25) is 0 Å². The zero-order chi connectivity index (χ0) is 22.8. The van der Waals surface area contributed by atoms with E-state index < -0.39 is 12.0 Å². The summed E-state index contributed by atoms with van der Waals surface area (Å²) >= 11 is 0. The maximum atomic E-state index is 13.5. The van der Waals surface area contributed by atoms with E-state index in [1.54, 1.807) is 6.92 Å². The van der Waals surface area contributed by atoms with Crippen molar-refractivity contribution in [3.05, 3.63) is 81.7 Å². The zero-order valence-corrected chi connectivity index (χ0v) is 18.7. The molecule has 32 heavy (non-hydrogen) atoms. The zero-order valence-electron chi connectivity index (χ0n) is 18.7. The van der Waals surface area contributed by atoms with Crippen molar-refractivity contribution < 1.29 is 23.6 Å². The third-order valence-electron chi connectivity index (χ3n) is 5.87. The van der Waals surface area contributed by atoms with Crippen LogP contribution in [-0.4, -0.2) is 35.1 Å². The fraction of sp³-hybridized carbons (Fsp3) is 0.320. The largest absolute Gasteiger partial charge is 0.488 e. The van der Waals surface area contributed by atoms with E-state index in [9.17, 15) is 9.59 Å². The number of benzene rings is 2. The molecule has 1 aromatic heterocycles. The Bertz CT molecular complexity index is 1170. The Morgan fingerprint density at radius 2 is 1.88 bits per heavy atom. The van der Waals surface area contributed by atoms with Crippen molar-refractivity contribution in [2.45, 2.75) is 46.4 Å². The molecule has 1 atom stereocenters.